The molecule has 0 spiro atoms. The number of nitrogens with one attached hydrogen (secondary N) is 2. The summed E-state index contributed by atoms with van der Waals surface area (Å²) in [5.41, 5.74) is 0.0655. The first-order valence-corrected chi connectivity index (χ1v) is 6.26. The van der Waals surface area contributed by atoms with Crippen LogP contribution in [0.15, 0.2) is 41.9 Å². The van der Waals surface area contributed by atoms with E-state index in [9.17, 15) is 13.2 Å². The highest BCUT2D eigenvalue weighted by molar-refractivity contribution is 5.79. The molecule has 0 aromatic heterocycles. The molecule has 0 fully saturated rings. The lowest BCUT2D eigenvalue weighted by atomic mass is 10.1. The van der Waals surface area contributed by atoms with E-state index in [2.05, 4.69) is 22.2 Å². The van der Waals surface area contributed by atoms with E-state index < -0.39 is 11.7 Å². The van der Waals surface area contributed by atoms with E-state index in [0.29, 0.717) is 31.2 Å². The molecule has 0 unspecified atom stereocenters. The Bertz CT molecular complexity index is 450. The largest absolute Gasteiger partial charge is 0.416 e. The molecule has 1 rings (SSSR count). The number of rotatable bonds is 5. The van der Waals surface area contributed by atoms with Crippen LogP contribution in [-0.4, -0.2) is 19.0 Å². The van der Waals surface area contributed by atoms with Gasteiger partial charge in [-0.05, 0) is 24.6 Å². The lowest BCUT2D eigenvalue weighted by molar-refractivity contribution is -0.137. The number of nitrogens with zero attached hydrogens (tertiary/aromatic N) is 1. The van der Waals surface area contributed by atoms with Crippen LogP contribution < -0.4 is 10.6 Å². The Morgan fingerprint density at radius 1 is 1.25 bits per heavy atom. The maximum Gasteiger partial charge on any atom is 0.416 e. The van der Waals surface area contributed by atoms with Gasteiger partial charge in [-0.3, -0.25) is 0 Å². The molecule has 0 bridgehead atoms. The summed E-state index contributed by atoms with van der Waals surface area (Å²) in [6, 6.07) is 5.00. The Morgan fingerprint density at radius 3 is 2.40 bits per heavy atom. The molecule has 0 saturated carbocycles. The summed E-state index contributed by atoms with van der Waals surface area (Å²) in [5.74, 6) is 0.604. The van der Waals surface area contributed by atoms with Crippen LogP contribution in [0.25, 0.3) is 0 Å². The second-order valence-corrected chi connectivity index (χ2v) is 4.06. The minimum Gasteiger partial charge on any atom is -0.357 e. The van der Waals surface area contributed by atoms with Crippen molar-refractivity contribution in [2.75, 3.05) is 13.1 Å². The summed E-state index contributed by atoms with van der Waals surface area (Å²) < 4.78 is 37.2. The van der Waals surface area contributed by atoms with Gasteiger partial charge in [-0.2, -0.15) is 13.2 Å². The van der Waals surface area contributed by atoms with Crippen molar-refractivity contribution in [1.82, 2.24) is 10.6 Å². The van der Waals surface area contributed by atoms with E-state index in [1.54, 1.807) is 6.08 Å². The number of aliphatic imine (C=N–C) groups is 1. The molecule has 0 amide bonds. The first-order valence-electron chi connectivity index (χ1n) is 6.26. The highest BCUT2D eigenvalue weighted by Crippen LogP contribution is 2.29. The van der Waals surface area contributed by atoms with Gasteiger partial charge in [0.05, 0.1) is 12.1 Å². The normalized spacial score (nSPS) is 12.1. The third kappa shape index (κ3) is 5.34. The molecule has 1 aromatic rings. The molecule has 1 aromatic carbocycles. The Labute approximate surface area is 116 Å². The second-order valence-electron chi connectivity index (χ2n) is 4.06. The van der Waals surface area contributed by atoms with Crippen LogP contribution in [0.1, 0.15) is 18.1 Å². The molecule has 110 valence electrons. The fourth-order valence-electron chi connectivity index (χ4n) is 1.48. The van der Waals surface area contributed by atoms with Gasteiger partial charge in [0, 0.05) is 13.1 Å². The van der Waals surface area contributed by atoms with Gasteiger partial charge in [0.25, 0.3) is 0 Å². The molecule has 0 atom stereocenters. The Balaban J connectivity index is 2.69. The highest BCUT2D eigenvalue weighted by Gasteiger charge is 2.29. The molecule has 3 nitrogen and oxygen atoms in total. The summed E-state index contributed by atoms with van der Waals surface area (Å²) in [6.07, 6.45) is -2.60. The number of guanidine groups is 1. The zero-order valence-corrected chi connectivity index (χ0v) is 11.3. The van der Waals surface area contributed by atoms with Crippen molar-refractivity contribution in [3.63, 3.8) is 0 Å². The quantitative estimate of drug-likeness (QED) is 0.496. The standard InChI is InChI=1S/C14H18F3N3/c1-3-9-19-13(18-4-2)20-10-11-5-7-12(8-6-11)14(15,16)17/h3,5-8H,1,4,9-10H2,2H3,(H2,18,19,20). The van der Waals surface area contributed by atoms with Crippen molar-refractivity contribution < 1.29 is 13.2 Å². The fourth-order valence-corrected chi connectivity index (χ4v) is 1.48. The van der Waals surface area contributed by atoms with Crippen LogP contribution in [0.4, 0.5) is 13.2 Å². The molecule has 2 N–H and O–H groups in total. The zero-order chi connectivity index (χ0) is 15.0. The minimum atomic E-state index is -4.30. The summed E-state index contributed by atoms with van der Waals surface area (Å²) in [7, 11) is 0. The summed E-state index contributed by atoms with van der Waals surface area (Å²) in [5, 5.41) is 6.05. The molecule has 0 saturated heterocycles. The lowest BCUT2D eigenvalue weighted by Crippen LogP contribution is -2.37. The van der Waals surface area contributed by atoms with Crippen LogP contribution >= 0.6 is 0 Å². The highest BCUT2D eigenvalue weighted by atomic mass is 19.4. The molecule has 0 aliphatic carbocycles. The van der Waals surface area contributed by atoms with E-state index >= 15 is 0 Å². The van der Waals surface area contributed by atoms with Crippen molar-refractivity contribution in [1.29, 1.82) is 0 Å². The first kappa shape index (κ1) is 16.1. The number of alkyl halides is 3. The molecular formula is C14H18F3N3. The van der Waals surface area contributed by atoms with Crippen molar-refractivity contribution in [3.05, 3.63) is 48.0 Å². The van der Waals surface area contributed by atoms with Gasteiger partial charge in [0.15, 0.2) is 5.96 Å². The third-order valence-electron chi connectivity index (χ3n) is 2.46. The SMILES string of the molecule is C=CCNC(=NCc1ccc(C(F)(F)F)cc1)NCC. The van der Waals surface area contributed by atoms with Gasteiger partial charge in [-0.1, -0.05) is 18.2 Å². The molecule has 0 heterocycles. The first-order chi connectivity index (χ1) is 9.47. The van der Waals surface area contributed by atoms with Gasteiger partial charge < -0.3 is 10.6 Å². The molecule has 6 heteroatoms. The van der Waals surface area contributed by atoms with Gasteiger partial charge in [0.2, 0.25) is 0 Å². The smallest absolute Gasteiger partial charge is 0.357 e. The fraction of sp³-hybridized carbons (Fsp3) is 0.357. The molecule has 0 aliphatic rings. The maximum absolute atomic E-state index is 12.4. The predicted molar refractivity (Wildman–Crippen MR) is 74.5 cm³/mol. The minimum absolute atomic E-state index is 0.310. The topological polar surface area (TPSA) is 36.4 Å². The van der Waals surface area contributed by atoms with E-state index in [4.69, 9.17) is 0 Å². The Hall–Kier alpha value is -1.98. The van der Waals surface area contributed by atoms with Crippen LogP contribution in [0.3, 0.4) is 0 Å². The van der Waals surface area contributed by atoms with E-state index in [1.165, 1.54) is 12.1 Å². The van der Waals surface area contributed by atoms with Crippen LogP contribution in [0.5, 0.6) is 0 Å². The number of hydrogen-bond donors (Lipinski definition) is 2. The Kier molecular flexibility index (Phi) is 6.09. The van der Waals surface area contributed by atoms with E-state index in [-0.39, 0.29) is 0 Å². The summed E-state index contributed by atoms with van der Waals surface area (Å²) in [4.78, 5) is 4.28. The number of hydrogen-bond acceptors (Lipinski definition) is 1. The second kappa shape index (κ2) is 7.57. The molecule has 0 aliphatic heterocycles. The zero-order valence-electron chi connectivity index (χ0n) is 11.3. The van der Waals surface area contributed by atoms with Crippen LogP contribution in [0, 0.1) is 0 Å². The van der Waals surface area contributed by atoms with Crippen molar-refractivity contribution in [2.24, 2.45) is 4.99 Å². The van der Waals surface area contributed by atoms with E-state index in [0.717, 1.165) is 12.1 Å². The summed E-state index contributed by atoms with van der Waals surface area (Å²) in [6.45, 7) is 7.11. The van der Waals surface area contributed by atoms with Gasteiger partial charge >= 0.3 is 6.18 Å². The van der Waals surface area contributed by atoms with Crippen LogP contribution in [0.2, 0.25) is 0 Å². The predicted octanol–water partition coefficient (Wildman–Crippen LogP) is 2.95. The molecule has 0 radical (unpaired) electrons. The van der Waals surface area contributed by atoms with Crippen molar-refractivity contribution >= 4 is 5.96 Å². The average molecular weight is 285 g/mol. The van der Waals surface area contributed by atoms with Gasteiger partial charge in [0.1, 0.15) is 0 Å². The van der Waals surface area contributed by atoms with Crippen molar-refractivity contribution in [3.8, 4) is 0 Å². The maximum atomic E-state index is 12.4. The lowest BCUT2D eigenvalue weighted by Gasteiger charge is -2.10. The molecular weight excluding hydrogens is 267 g/mol. The molecule has 20 heavy (non-hydrogen) atoms. The average Bonchev–Trinajstić information content (AvgIpc) is 2.41. The number of halogens is 3. The van der Waals surface area contributed by atoms with Gasteiger partial charge in [-0.15, -0.1) is 6.58 Å². The van der Waals surface area contributed by atoms with Crippen molar-refractivity contribution in [2.45, 2.75) is 19.6 Å². The Morgan fingerprint density at radius 2 is 1.90 bits per heavy atom. The summed E-state index contributed by atoms with van der Waals surface area (Å²) >= 11 is 0. The van der Waals surface area contributed by atoms with Gasteiger partial charge in [-0.25, -0.2) is 4.99 Å². The number of benzene rings is 1. The van der Waals surface area contributed by atoms with Crippen LogP contribution in [-0.2, 0) is 12.7 Å². The third-order valence-corrected chi connectivity index (χ3v) is 2.46. The monoisotopic (exact) mass is 285 g/mol. The van der Waals surface area contributed by atoms with E-state index in [1.807, 2.05) is 6.92 Å².